The van der Waals surface area contributed by atoms with Gasteiger partial charge < -0.3 is 10.1 Å². The van der Waals surface area contributed by atoms with Crippen LogP contribution >= 0.6 is 24.0 Å². The summed E-state index contributed by atoms with van der Waals surface area (Å²) in [7, 11) is 0. The number of carbonyl (C=O) groups excluding carboxylic acids is 1. The van der Waals surface area contributed by atoms with Crippen LogP contribution in [0.3, 0.4) is 0 Å². The van der Waals surface area contributed by atoms with Gasteiger partial charge in [0.15, 0.2) is 0 Å². The predicted molar refractivity (Wildman–Crippen MR) is 65.5 cm³/mol. The summed E-state index contributed by atoms with van der Waals surface area (Å²) >= 11 is 5.87. The molecule has 0 spiro atoms. The molecule has 1 heterocycles. The van der Waals surface area contributed by atoms with Gasteiger partial charge in [0.1, 0.15) is 0 Å². The van der Waals surface area contributed by atoms with Crippen molar-refractivity contribution in [1.29, 1.82) is 0 Å². The van der Waals surface area contributed by atoms with Crippen LogP contribution in [-0.2, 0) is 10.9 Å². The number of halogens is 5. The van der Waals surface area contributed by atoms with E-state index >= 15 is 0 Å². The Hall–Kier alpha value is -1.14. The summed E-state index contributed by atoms with van der Waals surface area (Å²) in [5.74, 6) is 0. The minimum atomic E-state index is -4.44. The van der Waals surface area contributed by atoms with Crippen LogP contribution in [0.1, 0.15) is 23.6 Å². The number of nitrogens with one attached hydrogen (secondary N) is 1. The number of cyclic esters (lactones) is 1. The molecule has 106 valence electrons. The SMILES string of the molecule is Cl.O=C1N[C@H](c2cc(C(F)(F)F)ccc2Cl)CCO1. The Balaban J connectivity index is 0.00000180. The number of amides is 1. The number of hydrogen-bond acceptors (Lipinski definition) is 2. The Morgan fingerprint density at radius 3 is 2.63 bits per heavy atom. The maximum absolute atomic E-state index is 12.6. The standard InChI is InChI=1S/C11H9ClF3NO2.ClH/c12-8-2-1-6(11(13,14)15)5-7(8)9-3-4-18-10(17)16-9;/h1-2,5,9H,3-4H2,(H,16,17);1H/t9-;/m0./s1. The van der Waals surface area contributed by atoms with Crippen LogP contribution in [0, 0.1) is 0 Å². The first kappa shape index (κ1) is 15.9. The number of carbonyl (C=O) groups is 1. The maximum atomic E-state index is 12.6. The second-order valence-electron chi connectivity index (χ2n) is 3.86. The van der Waals surface area contributed by atoms with Crippen LogP contribution in [0.4, 0.5) is 18.0 Å². The van der Waals surface area contributed by atoms with E-state index in [0.717, 1.165) is 12.1 Å². The summed E-state index contributed by atoms with van der Waals surface area (Å²) in [6.45, 7) is 0.156. The molecule has 1 aromatic carbocycles. The molecule has 1 aliphatic heterocycles. The van der Waals surface area contributed by atoms with Gasteiger partial charge in [0.05, 0.1) is 18.2 Å². The molecule has 0 radical (unpaired) electrons. The van der Waals surface area contributed by atoms with E-state index in [1.807, 2.05) is 0 Å². The predicted octanol–water partition coefficient (Wildman–Crippen LogP) is 3.95. The van der Waals surface area contributed by atoms with E-state index in [9.17, 15) is 18.0 Å². The summed E-state index contributed by atoms with van der Waals surface area (Å²) < 4.78 is 42.4. The average molecular weight is 316 g/mol. The largest absolute Gasteiger partial charge is 0.449 e. The lowest BCUT2D eigenvalue weighted by Gasteiger charge is -2.25. The molecule has 8 heteroatoms. The minimum absolute atomic E-state index is 0. The topological polar surface area (TPSA) is 38.3 Å². The first-order chi connectivity index (χ1) is 8.38. The molecule has 0 saturated carbocycles. The van der Waals surface area contributed by atoms with Gasteiger partial charge in [0.25, 0.3) is 0 Å². The number of benzene rings is 1. The van der Waals surface area contributed by atoms with Gasteiger partial charge in [-0.05, 0) is 23.8 Å². The van der Waals surface area contributed by atoms with Crippen molar-refractivity contribution in [3.05, 3.63) is 34.3 Å². The zero-order chi connectivity index (χ0) is 13.3. The number of hydrogen-bond donors (Lipinski definition) is 1. The van der Waals surface area contributed by atoms with E-state index in [0.29, 0.717) is 6.42 Å². The highest BCUT2D eigenvalue weighted by atomic mass is 35.5. The van der Waals surface area contributed by atoms with E-state index in [2.05, 4.69) is 10.1 Å². The Labute approximate surface area is 118 Å². The average Bonchev–Trinajstić information content (AvgIpc) is 2.28. The fourth-order valence-electron chi connectivity index (χ4n) is 1.75. The van der Waals surface area contributed by atoms with E-state index < -0.39 is 23.9 Å². The Morgan fingerprint density at radius 2 is 2.05 bits per heavy atom. The second kappa shape index (κ2) is 5.88. The van der Waals surface area contributed by atoms with Crippen LogP contribution in [0.25, 0.3) is 0 Å². The monoisotopic (exact) mass is 315 g/mol. The Morgan fingerprint density at radius 1 is 1.37 bits per heavy atom. The van der Waals surface area contributed by atoms with Crippen molar-refractivity contribution in [3.63, 3.8) is 0 Å². The summed E-state index contributed by atoms with van der Waals surface area (Å²) in [6, 6.07) is 2.49. The minimum Gasteiger partial charge on any atom is -0.449 e. The highest BCUT2D eigenvalue weighted by Crippen LogP contribution is 2.35. The molecule has 1 aromatic rings. The summed E-state index contributed by atoms with van der Waals surface area (Å²) in [5, 5.41) is 2.63. The van der Waals surface area contributed by atoms with Gasteiger partial charge in [-0.15, -0.1) is 12.4 Å². The van der Waals surface area contributed by atoms with Gasteiger partial charge in [-0.1, -0.05) is 11.6 Å². The normalized spacial score (nSPS) is 19.2. The van der Waals surface area contributed by atoms with Crippen molar-refractivity contribution >= 4 is 30.1 Å². The van der Waals surface area contributed by atoms with Crippen LogP contribution < -0.4 is 5.32 Å². The van der Waals surface area contributed by atoms with E-state index in [-0.39, 0.29) is 29.6 Å². The van der Waals surface area contributed by atoms with Gasteiger partial charge in [-0.3, -0.25) is 0 Å². The van der Waals surface area contributed by atoms with Gasteiger partial charge in [0.2, 0.25) is 0 Å². The lowest BCUT2D eigenvalue weighted by atomic mass is 10.0. The van der Waals surface area contributed by atoms with Crippen molar-refractivity contribution in [1.82, 2.24) is 5.32 Å². The Bertz CT molecular complexity index is 479. The molecule has 0 bridgehead atoms. The van der Waals surface area contributed by atoms with E-state index in [1.165, 1.54) is 6.07 Å². The molecule has 0 aliphatic carbocycles. The first-order valence-corrected chi connectivity index (χ1v) is 5.55. The highest BCUT2D eigenvalue weighted by molar-refractivity contribution is 6.31. The van der Waals surface area contributed by atoms with Crippen LogP contribution in [-0.4, -0.2) is 12.7 Å². The molecule has 1 N–H and O–H groups in total. The quantitative estimate of drug-likeness (QED) is 0.852. The molecule has 1 fully saturated rings. The van der Waals surface area contributed by atoms with Gasteiger partial charge >= 0.3 is 12.3 Å². The summed E-state index contributed by atoms with van der Waals surface area (Å²) in [5.41, 5.74) is -0.536. The molecule has 0 unspecified atom stereocenters. The molecule has 1 amide bonds. The van der Waals surface area contributed by atoms with E-state index in [4.69, 9.17) is 11.6 Å². The maximum Gasteiger partial charge on any atom is 0.416 e. The Kier molecular flexibility index (Phi) is 4.92. The van der Waals surface area contributed by atoms with Crippen molar-refractivity contribution in [3.8, 4) is 0 Å². The van der Waals surface area contributed by atoms with Crippen molar-refractivity contribution < 1.29 is 22.7 Å². The summed E-state index contributed by atoms with van der Waals surface area (Å²) in [4.78, 5) is 11.0. The van der Waals surface area contributed by atoms with Crippen LogP contribution in [0.5, 0.6) is 0 Å². The summed E-state index contributed by atoms with van der Waals surface area (Å²) in [6.07, 6.45) is -4.71. The molecule has 2 rings (SSSR count). The first-order valence-electron chi connectivity index (χ1n) is 5.18. The second-order valence-corrected chi connectivity index (χ2v) is 4.26. The smallest absolute Gasteiger partial charge is 0.416 e. The molecule has 1 atom stereocenters. The van der Waals surface area contributed by atoms with E-state index in [1.54, 1.807) is 0 Å². The highest BCUT2D eigenvalue weighted by Gasteiger charge is 2.32. The third-order valence-electron chi connectivity index (χ3n) is 2.63. The van der Waals surface area contributed by atoms with Crippen LogP contribution in [0.2, 0.25) is 5.02 Å². The van der Waals surface area contributed by atoms with Crippen LogP contribution in [0.15, 0.2) is 18.2 Å². The molecule has 1 saturated heterocycles. The molecule has 0 aromatic heterocycles. The number of ether oxygens (including phenoxy) is 1. The van der Waals surface area contributed by atoms with Gasteiger partial charge in [-0.25, -0.2) is 4.79 Å². The fourth-order valence-corrected chi connectivity index (χ4v) is 2.00. The van der Waals surface area contributed by atoms with Crippen molar-refractivity contribution in [2.45, 2.75) is 18.6 Å². The lowest BCUT2D eigenvalue weighted by Crippen LogP contribution is -2.35. The zero-order valence-electron chi connectivity index (χ0n) is 9.46. The zero-order valence-corrected chi connectivity index (χ0v) is 11.0. The fraction of sp³-hybridized carbons (Fsp3) is 0.364. The number of alkyl carbamates (subject to hydrolysis) is 1. The molecule has 19 heavy (non-hydrogen) atoms. The molecular formula is C11H10Cl2F3NO2. The van der Waals surface area contributed by atoms with Crippen molar-refractivity contribution in [2.75, 3.05) is 6.61 Å². The molecule has 3 nitrogen and oxygen atoms in total. The lowest BCUT2D eigenvalue weighted by molar-refractivity contribution is -0.137. The number of alkyl halides is 3. The molecule has 1 aliphatic rings. The van der Waals surface area contributed by atoms with Crippen molar-refractivity contribution in [2.24, 2.45) is 0 Å². The number of rotatable bonds is 1. The van der Waals surface area contributed by atoms with Gasteiger partial charge in [-0.2, -0.15) is 13.2 Å². The molecular weight excluding hydrogens is 306 g/mol. The van der Waals surface area contributed by atoms with Gasteiger partial charge in [0, 0.05) is 11.4 Å². The third kappa shape index (κ3) is 3.67. The third-order valence-corrected chi connectivity index (χ3v) is 2.97.